The number of halogens is 1. The van der Waals surface area contributed by atoms with Gasteiger partial charge in [-0.05, 0) is 42.3 Å². The zero-order valence-electron chi connectivity index (χ0n) is 17.5. The van der Waals surface area contributed by atoms with Crippen LogP contribution in [-0.4, -0.2) is 16.3 Å². The van der Waals surface area contributed by atoms with E-state index in [1.807, 2.05) is 37.3 Å². The maximum atomic E-state index is 13.2. The number of ketones is 1. The number of rotatable bonds is 6. The predicted octanol–water partition coefficient (Wildman–Crippen LogP) is 5.09. The zero-order valence-corrected chi connectivity index (χ0v) is 18.2. The summed E-state index contributed by atoms with van der Waals surface area (Å²) in [5.41, 5.74) is 2.30. The Morgan fingerprint density at radius 1 is 0.969 bits per heavy atom. The summed E-state index contributed by atoms with van der Waals surface area (Å²) in [6.45, 7) is 1.96. The van der Waals surface area contributed by atoms with Crippen molar-refractivity contribution in [3.8, 4) is 0 Å². The second-order valence-corrected chi connectivity index (χ2v) is 7.89. The number of benzene rings is 3. The number of fused-ring (bicyclic) bond motifs is 1. The SMILES string of the molecule is CCc1ccc(C(=O)c2cn(CC(=O)Nc3ccccc3)c3ccc(Cl)cc3c2=O)cc1. The van der Waals surface area contributed by atoms with Crippen molar-refractivity contribution in [2.24, 2.45) is 0 Å². The lowest BCUT2D eigenvalue weighted by molar-refractivity contribution is -0.116. The van der Waals surface area contributed by atoms with E-state index in [2.05, 4.69) is 5.32 Å². The molecule has 1 N–H and O–H groups in total. The molecule has 4 rings (SSSR count). The molecule has 1 heterocycles. The predicted molar refractivity (Wildman–Crippen MR) is 128 cm³/mol. The maximum Gasteiger partial charge on any atom is 0.244 e. The van der Waals surface area contributed by atoms with E-state index in [1.54, 1.807) is 41.0 Å². The van der Waals surface area contributed by atoms with Crippen molar-refractivity contribution in [2.45, 2.75) is 19.9 Å². The van der Waals surface area contributed by atoms with Crippen molar-refractivity contribution in [1.29, 1.82) is 0 Å². The van der Waals surface area contributed by atoms with Crippen molar-refractivity contribution >= 4 is 39.9 Å². The molecule has 0 spiro atoms. The van der Waals surface area contributed by atoms with Crippen molar-refractivity contribution in [3.63, 3.8) is 0 Å². The minimum Gasteiger partial charge on any atom is -0.337 e. The molecule has 5 nitrogen and oxygen atoms in total. The molecule has 0 aliphatic rings. The number of nitrogens with one attached hydrogen (secondary N) is 1. The van der Waals surface area contributed by atoms with Crippen LogP contribution in [0.25, 0.3) is 10.9 Å². The van der Waals surface area contributed by atoms with Gasteiger partial charge in [-0.2, -0.15) is 0 Å². The van der Waals surface area contributed by atoms with Crippen LogP contribution in [0.3, 0.4) is 0 Å². The number of pyridine rings is 1. The molecule has 160 valence electrons. The lowest BCUT2D eigenvalue weighted by Crippen LogP contribution is -2.24. The molecular formula is C26H21ClN2O3. The molecule has 1 amide bonds. The van der Waals surface area contributed by atoms with Crippen LogP contribution in [0.4, 0.5) is 5.69 Å². The Labute approximate surface area is 190 Å². The van der Waals surface area contributed by atoms with Crippen LogP contribution in [0.5, 0.6) is 0 Å². The molecule has 32 heavy (non-hydrogen) atoms. The first-order valence-electron chi connectivity index (χ1n) is 10.3. The van der Waals surface area contributed by atoms with Gasteiger partial charge in [0.1, 0.15) is 6.54 Å². The monoisotopic (exact) mass is 444 g/mol. The average molecular weight is 445 g/mol. The molecule has 0 fully saturated rings. The lowest BCUT2D eigenvalue weighted by Gasteiger charge is -2.14. The third-order valence-corrected chi connectivity index (χ3v) is 5.52. The van der Waals surface area contributed by atoms with Gasteiger partial charge in [-0.25, -0.2) is 0 Å². The molecule has 0 saturated carbocycles. The molecule has 3 aromatic carbocycles. The first kappa shape index (κ1) is 21.5. The third kappa shape index (κ3) is 4.48. The standard InChI is InChI=1S/C26H21ClN2O3/c1-2-17-8-10-18(11-9-17)25(31)22-15-29(16-24(30)28-20-6-4-3-5-7-20)23-13-12-19(27)14-21(23)26(22)32/h3-15H,2,16H2,1H3,(H,28,30). The van der Waals surface area contributed by atoms with Crippen molar-refractivity contribution in [1.82, 2.24) is 4.57 Å². The summed E-state index contributed by atoms with van der Waals surface area (Å²) in [6, 6.07) is 21.1. The number of aryl methyl sites for hydroxylation is 1. The number of hydrogen-bond acceptors (Lipinski definition) is 3. The summed E-state index contributed by atoms with van der Waals surface area (Å²) in [4.78, 5) is 39.0. The van der Waals surface area contributed by atoms with E-state index in [4.69, 9.17) is 11.6 Å². The molecule has 4 aromatic rings. The quantitative estimate of drug-likeness (QED) is 0.421. The number of aromatic nitrogens is 1. The number of anilines is 1. The smallest absolute Gasteiger partial charge is 0.244 e. The first-order valence-corrected chi connectivity index (χ1v) is 10.7. The molecular weight excluding hydrogens is 424 g/mol. The van der Waals surface area contributed by atoms with Crippen LogP contribution in [0, 0.1) is 0 Å². The highest BCUT2D eigenvalue weighted by atomic mass is 35.5. The lowest BCUT2D eigenvalue weighted by atomic mass is 10.0. The van der Waals surface area contributed by atoms with Gasteiger partial charge in [-0.15, -0.1) is 0 Å². The van der Waals surface area contributed by atoms with Crippen molar-refractivity contribution in [2.75, 3.05) is 5.32 Å². The van der Waals surface area contributed by atoms with Gasteiger partial charge < -0.3 is 9.88 Å². The summed E-state index contributed by atoms with van der Waals surface area (Å²) < 4.78 is 1.61. The van der Waals surface area contributed by atoms with Gasteiger partial charge in [0.05, 0.1) is 11.1 Å². The number of carbonyl (C=O) groups excluding carboxylic acids is 2. The Balaban J connectivity index is 1.76. The summed E-state index contributed by atoms with van der Waals surface area (Å²) in [7, 11) is 0. The summed E-state index contributed by atoms with van der Waals surface area (Å²) in [6.07, 6.45) is 2.31. The van der Waals surface area contributed by atoms with Gasteiger partial charge in [-0.3, -0.25) is 14.4 Å². The minimum atomic E-state index is -0.410. The summed E-state index contributed by atoms with van der Waals surface area (Å²) >= 11 is 6.13. The molecule has 0 aliphatic carbocycles. The Morgan fingerprint density at radius 2 is 1.69 bits per heavy atom. The maximum absolute atomic E-state index is 13.2. The molecule has 0 atom stereocenters. The summed E-state index contributed by atoms with van der Waals surface area (Å²) in [5, 5.41) is 3.50. The topological polar surface area (TPSA) is 68.2 Å². The Bertz CT molecular complexity index is 1360. The van der Waals surface area contributed by atoms with Crippen LogP contribution in [0.1, 0.15) is 28.4 Å². The number of amides is 1. The Morgan fingerprint density at radius 3 is 2.38 bits per heavy atom. The number of nitrogens with zero attached hydrogens (tertiary/aromatic N) is 1. The number of carbonyl (C=O) groups is 2. The van der Waals surface area contributed by atoms with Crippen LogP contribution in [-0.2, 0) is 17.8 Å². The Kier molecular flexibility index (Phi) is 6.19. The van der Waals surface area contributed by atoms with E-state index in [1.165, 1.54) is 12.3 Å². The first-order chi connectivity index (χ1) is 15.5. The van der Waals surface area contributed by atoms with Gasteiger partial charge >= 0.3 is 0 Å². The van der Waals surface area contributed by atoms with Gasteiger partial charge in [0, 0.05) is 27.9 Å². The van der Waals surface area contributed by atoms with Crippen molar-refractivity contribution < 1.29 is 9.59 Å². The highest BCUT2D eigenvalue weighted by Gasteiger charge is 2.18. The van der Waals surface area contributed by atoms with E-state index < -0.39 is 11.2 Å². The van der Waals surface area contributed by atoms with Crippen LogP contribution in [0.2, 0.25) is 5.02 Å². The van der Waals surface area contributed by atoms with Crippen molar-refractivity contribution in [3.05, 3.63) is 111 Å². The normalized spacial score (nSPS) is 10.8. The minimum absolute atomic E-state index is 0.00322. The fraction of sp³-hybridized carbons (Fsp3) is 0.115. The van der Waals surface area contributed by atoms with E-state index >= 15 is 0 Å². The molecule has 0 radical (unpaired) electrons. The fourth-order valence-electron chi connectivity index (χ4n) is 3.59. The molecule has 0 aliphatic heterocycles. The Hall–Kier alpha value is -3.70. The largest absolute Gasteiger partial charge is 0.337 e. The second kappa shape index (κ2) is 9.20. The molecule has 6 heteroatoms. The number of para-hydroxylation sites is 1. The van der Waals surface area contributed by atoms with Gasteiger partial charge in [-0.1, -0.05) is 61.0 Å². The van der Waals surface area contributed by atoms with Gasteiger partial charge in [0.25, 0.3) is 0 Å². The van der Waals surface area contributed by atoms with E-state index in [9.17, 15) is 14.4 Å². The molecule has 0 saturated heterocycles. The highest BCUT2D eigenvalue weighted by molar-refractivity contribution is 6.31. The van der Waals surface area contributed by atoms with E-state index in [-0.39, 0.29) is 18.0 Å². The van der Waals surface area contributed by atoms with Crippen LogP contribution < -0.4 is 10.7 Å². The second-order valence-electron chi connectivity index (χ2n) is 7.46. The molecule has 0 bridgehead atoms. The highest BCUT2D eigenvalue weighted by Crippen LogP contribution is 2.19. The van der Waals surface area contributed by atoms with Gasteiger partial charge in [0.2, 0.25) is 11.3 Å². The molecule has 0 unspecified atom stereocenters. The average Bonchev–Trinajstić information content (AvgIpc) is 2.81. The molecule has 1 aromatic heterocycles. The summed E-state index contributed by atoms with van der Waals surface area (Å²) in [5.74, 6) is -0.668. The zero-order chi connectivity index (χ0) is 22.7. The van der Waals surface area contributed by atoms with Crippen LogP contribution >= 0.6 is 11.6 Å². The van der Waals surface area contributed by atoms with E-state index in [0.29, 0.717) is 27.2 Å². The number of hydrogen-bond donors (Lipinski definition) is 1. The van der Waals surface area contributed by atoms with Gasteiger partial charge in [0.15, 0.2) is 5.78 Å². The van der Waals surface area contributed by atoms with E-state index in [0.717, 1.165) is 12.0 Å². The van der Waals surface area contributed by atoms with Crippen LogP contribution in [0.15, 0.2) is 83.8 Å². The third-order valence-electron chi connectivity index (χ3n) is 5.28. The fourth-order valence-corrected chi connectivity index (χ4v) is 3.76.